The molecule has 1 aliphatic rings. The highest BCUT2D eigenvalue weighted by molar-refractivity contribution is 7.71. The largest absolute Gasteiger partial charge is 0.353 e. The quantitative estimate of drug-likeness (QED) is 0.852. The molecule has 1 aliphatic carbocycles. The van der Waals surface area contributed by atoms with E-state index >= 15 is 0 Å². The van der Waals surface area contributed by atoms with Crippen molar-refractivity contribution in [2.75, 3.05) is 0 Å². The predicted octanol–water partition coefficient (Wildman–Crippen LogP) is 3.02. The molecule has 1 amide bonds. The summed E-state index contributed by atoms with van der Waals surface area (Å²) in [6.45, 7) is 0.567. The summed E-state index contributed by atoms with van der Waals surface area (Å²) < 4.78 is 2.54. The van der Waals surface area contributed by atoms with Crippen LogP contribution in [-0.2, 0) is 11.3 Å². The fourth-order valence-electron chi connectivity index (χ4n) is 2.09. The monoisotopic (exact) mass is 295 g/mol. The van der Waals surface area contributed by atoms with Crippen LogP contribution < -0.4 is 5.32 Å². The van der Waals surface area contributed by atoms with Crippen molar-refractivity contribution in [3.8, 4) is 0 Å². The number of aromatic nitrogens is 2. The number of imidazole rings is 1. The molecule has 0 saturated heterocycles. The van der Waals surface area contributed by atoms with Gasteiger partial charge >= 0.3 is 0 Å². The van der Waals surface area contributed by atoms with E-state index in [4.69, 9.17) is 23.8 Å². The zero-order valence-electron chi connectivity index (χ0n) is 10.3. The number of carbonyl (C=O) groups excluding carboxylic acids is 1. The van der Waals surface area contributed by atoms with Crippen molar-refractivity contribution in [1.29, 1.82) is 0 Å². The van der Waals surface area contributed by atoms with Crippen LogP contribution in [-0.4, -0.2) is 21.5 Å². The maximum absolute atomic E-state index is 11.7. The molecular weight excluding hydrogens is 282 g/mol. The van der Waals surface area contributed by atoms with E-state index in [0.29, 0.717) is 28.8 Å². The van der Waals surface area contributed by atoms with E-state index in [1.807, 2.05) is 22.8 Å². The molecule has 1 fully saturated rings. The van der Waals surface area contributed by atoms with E-state index in [9.17, 15) is 4.79 Å². The Morgan fingerprint density at radius 2 is 2.32 bits per heavy atom. The third kappa shape index (κ3) is 2.82. The number of nitrogens with one attached hydrogen (secondary N) is 2. The van der Waals surface area contributed by atoms with Crippen LogP contribution in [0.1, 0.15) is 19.3 Å². The molecule has 1 aromatic carbocycles. The maximum Gasteiger partial charge on any atom is 0.222 e. The van der Waals surface area contributed by atoms with Gasteiger partial charge in [0.15, 0.2) is 4.77 Å². The van der Waals surface area contributed by atoms with Crippen LogP contribution in [0.4, 0.5) is 0 Å². The zero-order chi connectivity index (χ0) is 13.4. The second-order valence-corrected chi connectivity index (χ2v) is 5.66. The molecule has 0 unspecified atom stereocenters. The van der Waals surface area contributed by atoms with Gasteiger partial charge in [-0.05, 0) is 43.3 Å². The van der Waals surface area contributed by atoms with Crippen LogP contribution in [0, 0.1) is 4.77 Å². The third-order valence-corrected chi connectivity index (χ3v) is 3.80. The lowest BCUT2D eigenvalue weighted by molar-refractivity contribution is -0.121. The number of nitrogens with zero attached hydrogens (tertiary/aromatic N) is 1. The fraction of sp³-hybridized carbons (Fsp3) is 0.385. The Kier molecular flexibility index (Phi) is 3.33. The molecule has 0 bridgehead atoms. The van der Waals surface area contributed by atoms with Gasteiger partial charge in [-0.15, -0.1) is 0 Å². The molecule has 2 N–H and O–H groups in total. The minimum atomic E-state index is 0.0841. The summed E-state index contributed by atoms with van der Waals surface area (Å²) in [6, 6.07) is 5.98. The lowest BCUT2D eigenvalue weighted by Crippen LogP contribution is -2.26. The molecule has 3 rings (SSSR count). The van der Waals surface area contributed by atoms with Crippen molar-refractivity contribution in [2.24, 2.45) is 0 Å². The molecule has 2 aromatic rings. The molecule has 4 nitrogen and oxygen atoms in total. The summed E-state index contributed by atoms with van der Waals surface area (Å²) in [6.07, 6.45) is 2.64. The van der Waals surface area contributed by atoms with Gasteiger partial charge in [0.25, 0.3) is 0 Å². The molecule has 19 heavy (non-hydrogen) atoms. The van der Waals surface area contributed by atoms with E-state index in [2.05, 4.69) is 10.3 Å². The van der Waals surface area contributed by atoms with Crippen LogP contribution in [0.3, 0.4) is 0 Å². The third-order valence-electron chi connectivity index (χ3n) is 3.24. The first kappa shape index (κ1) is 12.7. The highest BCUT2D eigenvalue weighted by atomic mass is 35.5. The Morgan fingerprint density at radius 3 is 3.05 bits per heavy atom. The molecule has 100 valence electrons. The molecule has 1 aromatic heterocycles. The van der Waals surface area contributed by atoms with Crippen molar-refractivity contribution in [3.63, 3.8) is 0 Å². The second kappa shape index (κ2) is 4.98. The Hall–Kier alpha value is -1.33. The number of aromatic amines is 1. The lowest BCUT2D eigenvalue weighted by Gasteiger charge is -2.05. The number of rotatable bonds is 4. The topological polar surface area (TPSA) is 49.8 Å². The standard InChI is InChI=1S/C13H14ClN3OS/c14-8-1-4-10-11(7-8)17(13(19)16-10)6-5-12(18)15-9-2-3-9/h1,4,7,9H,2-3,5-6H2,(H,15,18)(H,16,19). The number of H-pyrrole nitrogens is 1. The van der Waals surface area contributed by atoms with Crippen LogP contribution in [0.15, 0.2) is 18.2 Å². The second-order valence-electron chi connectivity index (χ2n) is 4.84. The van der Waals surface area contributed by atoms with Crippen LogP contribution in [0.2, 0.25) is 5.02 Å². The Balaban J connectivity index is 1.79. The van der Waals surface area contributed by atoms with Gasteiger partial charge in [-0.2, -0.15) is 0 Å². The number of hydrogen-bond acceptors (Lipinski definition) is 2. The number of benzene rings is 1. The summed E-state index contributed by atoms with van der Waals surface area (Å²) in [4.78, 5) is 14.8. The average molecular weight is 296 g/mol. The summed E-state index contributed by atoms with van der Waals surface area (Å²) >= 11 is 11.3. The van der Waals surface area contributed by atoms with Gasteiger partial charge < -0.3 is 14.9 Å². The summed E-state index contributed by atoms with van der Waals surface area (Å²) in [5.74, 6) is 0.0841. The highest BCUT2D eigenvalue weighted by Gasteiger charge is 2.22. The van der Waals surface area contributed by atoms with Gasteiger partial charge in [0.2, 0.25) is 5.91 Å². The van der Waals surface area contributed by atoms with E-state index in [-0.39, 0.29) is 5.91 Å². The van der Waals surface area contributed by atoms with Gasteiger partial charge in [0.1, 0.15) is 0 Å². The minimum absolute atomic E-state index is 0.0841. The van der Waals surface area contributed by atoms with Crippen LogP contribution >= 0.6 is 23.8 Å². The lowest BCUT2D eigenvalue weighted by atomic mass is 10.3. The maximum atomic E-state index is 11.7. The average Bonchev–Trinajstić information content (AvgIpc) is 3.11. The molecule has 1 heterocycles. The van der Waals surface area contributed by atoms with E-state index in [1.54, 1.807) is 0 Å². The predicted molar refractivity (Wildman–Crippen MR) is 77.9 cm³/mol. The number of aryl methyl sites for hydroxylation is 1. The first-order valence-electron chi connectivity index (χ1n) is 6.31. The molecule has 0 atom stereocenters. The summed E-state index contributed by atoms with van der Waals surface area (Å²) in [7, 11) is 0. The van der Waals surface area contributed by atoms with Crippen LogP contribution in [0.25, 0.3) is 11.0 Å². The van der Waals surface area contributed by atoms with Gasteiger partial charge in [0.05, 0.1) is 11.0 Å². The normalized spacial score (nSPS) is 14.8. The zero-order valence-corrected chi connectivity index (χ0v) is 11.9. The van der Waals surface area contributed by atoms with Gasteiger partial charge in [-0.1, -0.05) is 11.6 Å². The Morgan fingerprint density at radius 1 is 1.53 bits per heavy atom. The molecule has 1 saturated carbocycles. The van der Waals surface area contributed by atoms with Crippen molar-refractivity contribution >= 4 is 40.8 Å². The summed E-state index contributed by atoms with van der Waals surface area (Å²) in [5, 5.41) is 3.64. The first-order valence-corrected chi connectivity index (χ1v) is 7.09. The van der Waals surface area contributed by atoms with E-state index in [0.717, 1.165) is 23.9 Å². The number of halogens is 1. The van der Waals surface area contributed by atoms with Gasteiger partial charge in [-0.25, -0.2) is 0 Å². The number of hydrogen-bond donors (Lipinski definition) is 2. The number of amides is 1. The molecule has 0 aliphatic heterocycles. The van der Waals surface area contributed by atoms with E-state index in [1.165, 1.54) is 0 Å². The molecular formula is C13H14ClN3OS. The van der Waals surface area contributed by atoms with Crippen molar-refractivity contribution in [2.45, 2.75) is 31.8 Å². The van der Waals surface area contributed by atoms with E-state index < -0.39 is 0 Å². The highest BCUT2D eigenvalue weighted by Crippen LogP contribution is 2.20. The van der Waals surface area contributed by atoms with Crippen LogP contribution in [0.5, 0.6) is 0 Å². The summed E-state index contributed by atoms with van der Waals surface area (Å²) in [5.41, 5.74) is 1.88. The van der Waals surface area contributed by atoms with Crippen molar-refractivity contribution < 1.29 is 4.79 Å². The molecule has 6 heteroatoms. The van der Waals surface area contributed by atoms with Crippen molar-refractivity contribution in [1.82, 2.24) is 14.9 Å². The smallest absolute Gasteiger partial charge is 0.222 e. The van der Waals surface area contributed by atoms with Gasteiger partial charge in [0, 0.05) is 24.0 Å². The minimum Gasteiger partial charge on any atom is -0.353 e. The van der Waals surface area contributed by atoms with Gasteiger partial charge in [-0.3, -0.25) is 4.79 Å². The Bertz CT molecular complexity index is 687. The Labute approximate surface area is 120 Å². The first-order chi connectivity index (χ1) is 9.13. The number of fused-ring (bicyclic) bond motifs is 1. The molecule has 0 spiro atoms. The number of carbonyl (C=O) groups is 1. The fourth-order valence-corrected chi connectivity index (χ4v) is 2.55. The SMILES string of the molecule is O=C(CCn1c(=S)[nH]c2ccc(Cl)cc21)NC1CC1. The molecule has 0 radical (unpaired) electrons. The van der Waals surface area contributed by atoms with Crippen molar-refractivity contribution in [3.05, 3.63) is 28.0 Å².